The Morgan fingerprint density at radius 1 is 1.16 bits per heavy atom. The van der Waals surface area contributed by atoms with Crippen molar-refractivity contribution in [2.24, 2.45) is 0 Å². The maximum atomic E-state index is 12.5. The van der Waals surface area contributed by atoms with E-state index in [0.29, 0.717) is 12.3 Å². The first kappa shape index (κ1) is 21.4. The Morgan fingerprint density at radius 3 is 2.81 bits per heavy atom. The monoisotopic (exact) mass is 433 g/mol. The lowest BCUT2D eigenvalue weighted by atomic mass is 9.97. The van der Waals surface area contributed by atoms with Gasteiger partial charge in [-0.05, 0) is 51.1 Å². The molecular formula is C22H26F3N5O. The summed E-state index contributed by atoms with van der Waals surface area (Å²) in [5, 5.41) is 5.50. The highest BCUT2D eigenvalue weighted by Crippen LogP contribution is 2.39. The van der Waals surface area contributed by atoms with Gasteiger partial charge < -0.3 is 20.3 Å². The molecule has 0 aliphatic carbocycles. The molecule has 1 aromatic heterocycles. The van der Waals surface area contributed by atoms with E-state index in [4.69, 9.17) is 4.74 Å². The zero-order chi connectivity index (χ0) is 22.0. The van der Waals surface area contributed by atoms with Crippen LogP contribution in [0.5, 0.6) is 5.75 Å². The zero-order valence-corrected chi connectivity index (χ0v) is 17.6. The molecule has 2 aliphatic rings. The Bertz CT molecular complexity index is 990. The van der Waals surface area contributed by atoms with Gasteiger partial charge in [0.05, 0.1) is 6.61 Å². The van der Waals surface area contributed by atoms with E-state index in [-0.39, 0.29) is 11.8 Å². The predicted molar refractivity (Wildman–Crippen MR) is 115 cm³/mol. The molecule has 0 radical (unpaired) electrons. The van der Waals surface area contributed by atoms with E-state index < -0.39 is 12.7 Å². The van der Waals surface area contributed by atoms with Gasteiger partial charge in [-0.2, -0.15) is 18.2 Å². The van der Waals surface area contributed by atoms with Crippen LogP contribution in [-0.4, -0.2) is 54.3 Å². The summed E-state index contributed by atoms with van der Waals surface area (Å²) >= 11 is 0. The fourth-order valence-electron chi connectivity index (χ4n) is 3.90. The van der Waals surface area contributed by atoms with Crippen LogP contribution in [0.15, 0.2) is 24.3 Å². The van der Waals surface area contributed by atoms with Crippen molar-refractivity contribution >= 4 is 23.0 Å². The third-order valence-electron chi connectivity index (χ3n) is 5.35. The molecule has 0 atom stereocenters. The van der Waals surface area contributed by atoms with Crippen molar-refractivity contribution in [2.75, 3.05) is 43.9 Å². The fourth-order valence-corrected chi connectivity index (χ4v) is 3.90. The first-order valence-electron chi connectivity index (χ1n) is 10.4. The van der Waals surface area contributed by atoms with Gasteiger partial charge in [-0.1, -0.05) is 6.08 Å². The molecule has 166 valence electrons. The van der Waals surface area contributed by atoms with Gasteiger partial charge in [-0.3, -0.25) is 0 Å². The Kier molecular flexibility index (Phi) is 6.04. The molecule has 9 heteroatoms. The van der Waals surface area contributed by atoms with Crippen LogP contribution in [0.2, 0.25) is 0 Å². The van der Waals surface area contributed by atoms with Crippen molar-refractivity contribution in [3.05, 3.63) is 41.1 Å². The number of ether oxygens (including phenoxy) is 1. The van der Waals surface area contributed by atoms with E-state index >= 15 is 0 Å². The molecule has 0 unspecified atom stereocenters. The number of aryl methyl sites for hydroxylation is 1. The summed E-state index contributed by atoms with van der Waals surface area (Å²) in [6, 6.07) is 5.52. The van der Waals surface area contributed by atoms with E-state index in [0.717, 1.165) is 54.9 Å². The second-order valence-corrected chi connectivity index (χ2v) is 8.02. The summed E-state index contributed by atoms with van der Waals surface area (Å²) in [5.41, 5.74) is 4.80. The standard InChI is InChI=1S/C22H26F3N5O/c1-14-10-19(26-13-22(23,24)25)29-21(27-14)28-17-11-16-6-9-31-20(16)18(12-17)15-4-3-7-30(2)8-5-15/h5,10-12H,3-4,6-9,13H2,1-2H3,(H2,26,27,28,29). The minimum Gasteiger partial charge on any atom is -0.492 e. The molecule has 0 bridgehead atoms. The summed E-state index contributed by atoms with van der Waals surface area (Å²) in [7, 11) is 2.11. The van der Waals surface area contributed by atoms with Crippen molar-refractivity contribution in [1.29, 1.82) is 0 Å². The molecule has 0 saturated carbocycles. The molecular weight excluding hydrogens is 407 g/mol. The van der Waals surface area contributed by atoms with E-state index in [1.54, 1.807) is 6.92 Å². The van der Waals surface area contributed by atoms with Crippen LogP contribution in [0.3, 0.4) is 0 Å². The van der Waals surface area contributed by atoms with Crippen LogP contribution < -0.4 is 15.4 Å². The molecule has 0 fully saturated rings. The molecule has 3 heterocycles. The lowest BCUT2D eigenvalue weighted by Crippen LogP contribution is -2.22. The highest BCUT2D eigenvalue weighted by Gasteiger charge is 2.27. The average molecular weight is 433 g/mol. The van der Waals surface area contributed by atoms with Crippen LogP contribution in [0.25, 0.3) is 5.57 Å². The Labute approximate surface area is 179 Å². The smallest absolute Gasteiger partial charge is 0.405 e. The number of hydrogen-bond donors (Lipinski definition) is 2. The number of alkyl halides is 3. The molecule has 0 spiro atoms. The van der Waals surface area contributed by atoms with Crippen LogP contribution in [0.4, 0.5) is 30.6 Å². The lowest BCUT2D eigenvalue weighted by Gasteiger charge is -2.15. The van der Waals surface area contributed by atoms with Crippen molar-refractivity contribution in [2.45, 2.75) is 32.4 Å². The van der Waals surface area contributed by atoms with Gasteiger partial charge in [-0.25, -0.2) is 4.98 Å². The first-order valence-corrected chi connectivity index (χ1v) is 10.4. The van der Waals surface area contributed by atoms with Gasteiger partial charge >= 0.3 is 6.18 Å². The molecule has 31 heavy (non-hydrogen) atoms. The molecule has 2 aromatic rings. The molecule has 0 saturated heterocycles. The van der Waals surface area contributed by atoms with E-state index in [1.807, 2.05) is 12.1 Å². The number of benzene rings is 1. The highest BCUT2D eigenvalue weighted by atomic mass is 19.4. The van der Waals surface area contributed by atoms with Gasteiger partial charge in [0, 0.05) is 41.5 Å². The number of aromatic nitrogens is 2. The topological polar surface area (TPSA) is 62.3 Å². The molecule has 4 rings (SSSR count). The van der Waals surface area contributed by atoms with Crippen molar-refractivity contribution in [3.63, 3.8) is 0 Å². The number of allylic oxidation sites excluding steroid dienone is 1. The second-order valence-electron chi connectivity index (χ2n) is 8.02. The SMILES string of the molecule is Cc1cc(NCC(F)(F)F)nc(Nc2cc3c(c(C4=CCN(C)CCC4)c2)OCC3)n1. The predicted octanol–water partition coefficient (Wildman–Crippen LogP) is 4.55. The lowest BCUT2D eigenvalue weighted by molar-refractivity contribution is -0.115. The zero-order valence-electron chi connectivity index (χ0n) is 17.6. The summed E-state index contributed by atoms with van der Waals surface area (Å²) in [6.07, 6.45) is 0.788. The van der Waals surface area contributed by atoms with Crippen LogP contribution in [-0.2, 0) is 6.42 Å². The van der Waals surface area contributed by atoms with Crippen molar-refractivity contribution in [3.8, 4) is 5.75 Å². The minimum atomic E-state index is -4.32. The molecule has 0 amide bonds. The summed E-state index contributed by atoms with van der Waals surface area (Å²) in [5.74, 6) is 1.31. The molecule has 2 N–H and O–H groups in total. The maximum Gasteiger partial charge on any atom is 0.405 e. The molecule has 1 aromatic carbocycles. The third-order valence-corrected chi connectivity index (χ3v) is 5.35. The Balaban J connectivity index is 1.62. The van der Waals surface area contributed by atoms with E-state index in [9.17, 15) is 13.2 Å². The quantitative estimate of drug-likeness (QED) is 0.722. The third kappa shape index (κ3) is 5.46. The average Bonchev–Trinajstić information content (AvgIpc) is 3.05. The van der Waals surface area contributed by atoms with E-state index in [1.165, 1.54) is 11.6 Å². The van der Waals surface area contributed by atoms with Crippen LogP contribution >= 0.6 is 0 Å². The van der Waals surface area contributed by atoms with Gasteiger partial charge in [0.2, 0.25) is 5.95 Å². The van der Waals surface area contributed by atoms with E-state index in [2.05, 4.69) is 38.6 Å². The van der Waals surface area contributed by atoms with Gasteiger partial charge in [0.15, 0.2) is 0 Å². The second kappa shape index (κ2) is 8.74. The molecule has 6 nitrogen and oxygen atoms in total. The molecule has 2 aliphatic heterocycles. The summed E-state index contributed by atoms with van der Waals surface area (Å²) in [4.78, 5) is 10.8. The van der Waals surface area contributed by atoms with Crippen molar-refractivity contribution < 1.29 is 17.9 Å². The Morgan fingerprint density at radius 2 is 2.00 bits per heavy atom. The Hall–Kier alpha value is -2.81. The number of hydrogen-bond acceptors (Lipinski definition) is 6. The fraction of sp³-hybridized carbons (Fsp3) is 0.455. The normalized spacial score (nSPS) is 16.9. The van der Waals surface area contributed by atoms with Gasteiger partial charge in [-0.15, -0.1) is 0 Å². The number of nitrogens with one attached hydrogen (secondary N) is 2. The largest absolute Gasteiger partial charge is 0.492 e. The number of likely N-dealkylation sites (N-methyl/N-ethyl adjacent to an activating group) is 1. The van der Waals surface area contributed by atoms with Gasteiger partial charge in [0.1, 0.15) is 18.1 Å². The number of nitrogens with zero attached hydrogens (tertiary/aromatic N) is 3. The number of anilines is 3. The summed E-state index contributed by atoms with van der Waals surface area (Å²) in [6.45, 7) is 3.15. The maximum absolute atomic E-state index is 12.5. The highest BCUT2D eigenvalue weighted by molar-refractivity contribution is 5.77. The number of halogens is 3. The first-order chi connectivity index (χ1) is 14.8. The number of rotatable bonds is 5. The van der Waals surface area contributed by atoms with Crippen LogP contribution in [0.1, 0.15) is 29.7 Å². The van der Waals surface area contributed by atoms with Crippen LogP contribution in [0, 0.1) is 6.92 Å². The number of fused-ring (bicyclic) bond motifs is 1. The van der Waals surface area contributed by atoms with Gasteiger partial charge in [0.25, 0.3) is 0 Å². The summed E-state index contributed by atoms with van der Waals surface area (Å²) < 4.78 is 43.6. The minimum absolute atomic E-state index is 0.131. The van der Waals surface area contributed by atoms with Crippen molar-refractivity contribution in [1.82, 2.24) is 14.9 Å².